The molecular formula is C26H24N2O2. The molecule has 2 N–H and O–H groups in total. The summed E-state index contributed by atoms with van der Waals surface area (Å²) in [5, 5.41) is 5.73. The molecule has 2 aliphatic rings. The van der Waals surface area contributed by atoms with E-state index in [1.807, 2.05) is 24.3 Å². The quantitative estimate of drug-likeness (QED) is 0.778. The van der Waals surface area contributed by atoms with Crippen molar-refractivity contribution in [2.45, 2.75) is 25.7 Å². The van der Waals surface area contributed by atoms with E-state index in [0.717, 1.165) is 25.7 Å². The molecule has 0 spiro atoms. The number of nitrogens with one attached hydrogen (secondary N) is 2. The number of carbonyl (C=O) groups is 2. The highest BCUT2D eigenvalue weighted by Gasteiger charge is 2.27. The van der Waals surface area contributed by atoms with Crippen LogP contribution >= 0.6 is 0 Å². The first-order valence-electron chi connectivity index (χ1n) is 10.4. The Morgan fingerprint density at radius 2 is 1.00 bits per heavy atom. The second kappa shape index (κ2) is 9.33. The maximum Gasteiger partial charge on any atom is 0.224 e. The largest absolute Gasteiger partial charge is 0.345 e. The van der Waals surface area contributed by atoms with E-state index in [1.165, 1.54) is 22.3 Å². The van der Waals surface area contributed by atoms with E-state index in [2.05, 4.69) is 58.6 Å². The van der Waals surface area contributed by atoms with Crippen LogP contribution in [0.25, 0.3) is 0 Å². The molecule has 30 heavy (non-hydrogen) atoms. The molecule has 0 aromatic heterocycles. The Morgan fingerprint density at radius 1 is 0.667 bits per heavy atom. The van der Waals surface area contributed by atoms with Gasteiger partial charge in [0.2, 0.25) is 11.8 Å². The van der Waals surface area contributed by atoms with E-state index in [4.69, 9.17) is 0 Å². The number of hydrogen-bond acceptors (Lipinski definition) is 2. The lowest BCUT2D eigenvalue weighted by molar-refractivity contribution is -0.125. The van der Waals surface area contributed by atoms with Crippen molar-refractivity contribution < 1.29 is 9.59 Å². The maximum absolute atomic E-state index is 12.3. The summed E-state index contributed by atoms with van der Waals surface area (Å²) in [5.74, 6) is 11.2. The molecule has 0 bridgehead atoms. The van der Waals surface area contributed by atoms with Gasteiger partial charge in [-0.25, -0.2) is 0 Å². The van der Waals surface area contributed by atoms with Crippen molar-refractivity contribution in [3.63, 3.8) is 0 Å². The molecule has 150 valence electrons. The third kappa shape index (κ3) is 4.73. The number of benzene rings is 2. The van der Waals surface area contributed by atoms with Gasteiger partial charge in [0.05, 0.1) is 13.1 Å². The molecule has 2 amide bonds. The maximum atomic E-state index is 12.3. The van der Waals surface area contributed by atoms with Gasteiger partial charge in [0.25, 0.3) is 0 Å². The Labute approximate surface area is 177 Å². The topological polar surface area (TPSA) is 58.2 Å². The highest BCUT2D eigenvalue weighted by atomic mass is 16.2. The van der Waals surface area contributed by atoms with Crippen LogP contribution in [0, 0.1) is 35.5 Å². The predicted molar refractivity (Wildman–Crippen MR) is 116 cm³/mol. The molecular weight excluding hydrogens is 372 g/mol. The van der Waals surface area contributed by atoms with E-state index in [9.17, 15) is 9.59 Å². The summed E-state index contributed by atoms with van der Waals surface area (Å²) in [5.41, 5.74) is 5.05. The van der Waals surface area contributed by atoms with Crippen LogP contribution in [0.15, 0.2) is 48.5 Å². The Bertz CT molecular complexity index is 944. The van der Waals surface area contributed by atoms with Gasteiger partial charge in [-0.1, -0.05) is 60.4 Å². The van der Waals surface area contributed by atoms with Crippen molar-refractivity contribution in [1.82, 2.24) is 10.6 Å². The van der Waals surface area contributed by atoms with E-state index >= 15 is 0 Å². The first-order chi connectivity index (χ1) is 14.7. The van der Waals surface area contributed by atoms with Crippen molar-refractivity contribution in [1.29, 1.82) is 0 Å². The fourth-order valence-electron chi connectivity index (χ4n) is 4.22. The van der Waals surface area contributed by atoms with E-state index in [0.29, 0.717) is 0 Å². The zero-order valence-corrected chi connectivity index (χ0v) is 16.8. The lowest BCUT2D eigenvalue weighted by atomic mass is 10.1. The van der Waals surface area contributed by atoms with Crippen LogP contribution in [-0.2, 0) is 35.3 Å². The van der Waals surface area contributed by atoms with Crippen LogP contribution in [-0.4, -0.2) is 24.9 Å². The number of carbonyl (C=O) groups excluding carboxylic acids is 2. The van der Waals surface area contributed by atoms with Crippen LogP contribution < -0.4 is 10.6 Å². The lowest BCUT2D eigenvalue weighted by Crippen LogP contribution is -2.31. The fraction of sp³-hybridized carbons (Fsp3) is 0.308. The zero-order chi connectivity index (χ0) is 20.8. The molecule has 2 aromatic rings. The molecule has 0 radical (unpaired) electrons. The average molecular weight is 396 g/mol. The average Bonchev–Trinajstić information content (AvgIpc) is 3.39. The smallest absolute Gasteiger partial charge is 0.224 e. The summed E-state index contributed by atoms with van der Waals surface area (Å²) in [6, 6.07) is 16.4. The molecule has 4 rings (SSSR count). The van der Waals surface area contributed by atoms with Crippen LogP contribution in [0.2, 0.25) is 0 Å². The van der Waals surface area contributed by atoms with Crippen molar-refractivity contribution in [3.8, 4) is 23.7 Å². The highest BCUT2D eigenvalue weighted by molar-refractivity contribution is 5.81. The Morgan fingerprint density at radius 3 is 1.33 bits per heavy atom. The predicted octanol–water partition coefficient (Wildman–Crippen LogP) is 2.06. The number of hydrogen-bond donors (Lipinski definition) is 2. The molecule has 0 fully saturated rings. The number of rotatable bonds is 4. The summed E-state index contributed by atoms with van der Waals surface area (Å²) < 4.78 is 0. The minimum absolute atomic E-state index is 0.00720. The van der Waals surface area contributed by atoms with Crippen molar-refractivity contribution in [2.24, 2.45) is 11.8 Å². The van der Waals surface area contributed by atoms with Gasteiger partial charge in [0.1, 0.15) is 0 Å². The minimum atomic E-state index is -0.00720. The van der Waals surface area contributed by atoms with Gasteiger partial charge in [-0.15, -0.1) is 0 Å². The van der Waals surface area contributed by atoms with Crippen molar-refractivity contribution in [2.75, 3.05) is 13.1 Å². The monoisotopic (exact) mass is 396 g/mol. The highest BCUT2D eigenvalue weighted by Crippen LogP contribution is 2.27. The molecule has 0 atom stereocenters. The summed E-state index contributed by atoms with van der Waals surface area (Å²) in [7, 11) is 0. The van der Waals surface area contributed by atoms with Crippen molar-refractivity contribution in [3.05, 3.63) is 70.8 Å². The van der Waals surface area contributed by atoms with Crippen LogP contribution in [0.3, 0.4) is 0 Å². The minimum Gasteiger partial charge on any atom is -0.345 e. The molecule has 0 heterocycles. The third-order valence-corrected chi connectivity index (χ3v) is 5.78. The molecule has 0 saturated carbocycles. The Hall–Kier alpha value is -3.50. The number of amides is 2. The molecule has 0 aliphatic heterocycles. The molecule has 2 aliphatic carbocycles. The van der Waals surface area contributed by atoms with Gasteiger partial charge in [0, 0.05) is 11.8 Å². The first kappa shape index (κ1) is 19.8. The van der Waals surface area contributed by atoms with E-state index < -0.39 is 0 Å². The summed E-state index contributed by atoms with van der Waals surface area (Å²) in [4.78, 5) is 24.5. The lowest BCUT2D eigenvalue weighted by Gasteiger charge is -2.07. The van der Waals surface area contributed by atoms with Gasteiger partial charge in [-0.05, 0) is 59.8 Å². The van der Waals surface area contributed by atoms with Crippen LogP contribution in [0.4, 0.5) is 0 Å². The normalized spacial score (nSPS) is 14.5. The first-order valence-corrected chi connectivity index (χ1v) is 10.4. The molecule has 4 nitrogen and oxygen atoms in total. The van der Waals surface area contributed by atoms with Crippen molar-refractivity contribution >= 4 is 11.8 Å². The second-order valence-corrected chi connectivity index (χ2v) is 7.79. The summed E-state index contributed by atoms with van der Waals surface area (Å²) in [6.07, 6.45) is 3.17. The molecule has 0 saturated heterocycles. The van der Waals surface area contributed by atoms with Crippen LogP contribution in [0.5, 0.6) is 0 Å². The third-order valence-electron chi connectivity index (χ3n) is 5.78. The summed E-state index contributed by atoms with van der Waals surface area (Å²) >= 11 is 0. The molecule has 4 heteroatoms. The fourth-order valence-corrected chi connectivity index (χ4v) is 4.22. The van der Waals surface area contributed by atoms with Gasteiger partial charge in [0.15, 0.2) is 0 Å². The molecule has 2 aromatic carbocycles. The Kier molecular flexibility index (Phi) is 6.16. The van der Waals surface area contributed by atoms with E-state index in [-0.39, 0.29) is 36.7 Å². The Balaban J connectivity index is 1.14. The SMILES string of the molecule is O=C(NCC#CC#CCNC(=O)C1Cc2ccccc2C1)C1Cc2ccccc2C1. The van der Waals surface area contributed by atoms with Gasteiger partial charge >= 0.3 is 0 Å². The summed E-state index contributed by atoms with van der Waals surface area (Å²) in [6.45, 7) is 0.570. The van der Waals surface area contributed by atoms with Gasteiger partial charge < -0.3 is 10.6 Å². The van der Waals surface area contributed by atoms with E-state index in [1.54, 1.807) is 0 Å². The van der Waals surface area contributed by atoms with Gasteiger partial charge in [-0.2, -0.15) is 0 Å². The zero-order valence-electron chi connectivity index (χ0n) is 16.8. The second-order valence-electron chi connectivity index (χ2n) is 7.79. The van der Waals surface area contributed by atoms with Gasteiger partial charge in [-0.3, -0.25) is 9.59 Å². The standard InChI is InChI=1S/C26H24N2O2/c29-25(23-15-19-9-3-4-10-20(19)16-23)27-13-7-1-2-8-14-28-26(30)24-17-21-11-5-6-12-22(21)18-24/h3-6,9-12,23-24H,13-18H2,(H,27,29)(H,28,30). The van der Waals surface area contributed by atoms with Crippen LogP contribution in [0.1, 0.15) is 22.3 Å². The molecule has 0 unspecified atom stereocenters. The number of fused-ring (bicyclic) bond motifs is 2.